The molecule has 0 unspecified atom stereocenters. The van der Waals surface area contributed by atoms with Crippen LogP contribution < -0.4 is 28.9 Å². The molecule has 0 radical (unpaired) electrons. The van der Waals surface area contributed by atoms with E-state index in [0.717, 1.165) is 67.1 Å². The molecule has 4 aliphatic rings. The summed E-state index contributed by atoms with van der Waals surface area (Å²) in [4.78, 5) is 28.8. The van der Waals surface area contributed by atoms with Crippen molar-refractivity contribution >= 4 is 30.8 Å². The van der Waals surface area contributed by atoms with Crippen LogP contribution in [0.1, 0.15) is 12.6 Å². The Bertz CT molecular complexity index is 793. The molecule has 1 amide bonds. The summed E-state index contributed by atoms with van der Waals surface area (Å²) in [7, 11) is 0. The zero-order valence-corrected chi connectivity index (χ0v) is 19.2. The topological polar surface area (TPSA) is 42.9 Å². The quantitative estimate of drug-likeness (QED) is 0.249. The van der Waals surface area contributed by atoms with Crippen LogP contribution in [0.3, 0.4) is 0 Å². The van der Waals surface area contributed by atoms with Gasteiger partial charge >= 0.3 is 159 Å². The van der Waals surface area contributed by atoms with Crippen LogP contribution in [0.15, 0.2) is 35.3 Å². The van der Waals surface area contributed by atoms with E-state index in [0.29, 0.717) is 0 Å². The molecule has 7 nitrogen and oxygen atoms in total. The number of hydrogen-bond acceptors (Lipinski definition) is 5. The third kappa shape index (κ3) is 3.74. The van der Waals surface area contributed by atoms with Gasteiger partial charge in [0.1, 0.15) is 0 Å². The van der Waals surface area contributed by atoms with E-state index in [1.54, 1.807) is 11.8 Å². The van der Waals surface area contributed by atoms with Crippen molar-refractivity contribution < 1.29 is 33.3 Å². The van der Waals surface area contributed by atoms with Gasteiger partial charge < -0.3 is 24.0 Å². The van der Waals surface area contributed by atoms with E-state index in [1.165, 1.54) is 0 Å². The van der Waals surface area contributed by atoms with Crippen molar-refractivity contribution in [2.45, 2.75) is 13.5 Å². The molecule has 4 bridgehead atoms. The van der Waals surface area contributed by atoms with Gasteiger partial charge in [-0.1, -0.05) is 0 Å². The van der Waals surface area contributed by atoms with Crippen LogP contribution in [0.25, 0.3) is 0 Å². The van der Waals surface area contributed by atoms with E-state index in [4.69, 9.17) is 4.98 Å². The van der Waals surface area contributed by atoms with Crippen molar-refractivity contribution in [1.82, 2.24) is 19.7 Å². The number of anilines is 2. The summed E-state index contributed by atoms with van der Waals surface area (Å²) in [5, 5.41) is 0. The molecule has 0 atom stereocenters. The SMILES string of the molecule is CC(=O)N(c1ccccc1)c1nc(C[N+]23CN4CN(CN(C4)C2)C3)c[se]1.[I-]. The van der Waals surface area contributed by atoms with Crippen molar-refractivity contribution in [2.75, 3.05) is 44.9 Å². The fraction of sp³-hybridized carbons (Fsp3) is 0.444. The largest absolute Gasteiger partial charge is 1.00 e. The van der Waals surface area contributed by atoms with Gasteiger partial charge in [-0.2, -0.15) is 0 Å². The first-order valence-electron chi connectivity index (χ1n) is 8.93. The Morgan fingerprint density at radius 2 is 1.70 bits per heavy atom. The van der Waals surface area contributed by atoms with Gasteiger partial charge in [0, 0.05) is 0 Å². The molecule has 4 saturated heterocycles. The minimum Gasteiger partial charge on any atom is -1.00 e. The number of quaternary nitrogens is 1. The smallest absolute Gasteiger partial charge is 1.00 e. The minimum absolute atomic E-state index is 0. The fourth-order valence-corrected chi connectivity index (χ4v) is 6.47. The number of carbonyl (C=O) groups is 1. The first-order valence-corrected chi connectivity index (χ1v) is 10.8. The fourth-order valence-electron chi connectivity index (χ4n) is 4.63. The van der Waals surface area contributed by atoms with E-state index in [-0.39, 0.29) is 44.4 Å². The van der Waals surface area contributed by atoms with Gasteiger partial charge in [-0.3, -0.25) is 0 Å². The molecular weight excluding hydrogens is 522 g/mol. The van der Waals surface area contributed by atoms with Crippen molar-refractivity contribution in [3.05, 3.63) is 41.0 Å². The van der Waals surface area contributed by atoms with Crippen LogP contribution >= 0.6 is 0 Å². The maximum atomic E-state index is 12.3. The van der Waals surface area contributed by atoms with Crippen LogP contribution in [0.5, 0.6) is 0 Å². The average Bonchev–Trinajstić information content (AvgIpc) is 3.01. The number of benzene rings is 1. The summed E-state index contributed by atoms with van der Waals surface area (Å²) >= 11 is 0.101. The molecule has 0 saturated carbocycles. The number of carbonyl (C=O) groups excluding carboxylic acids is 1. The molecule has 9 heteroatoms. The van der Waals surface area contributed by atoms with Gasteiger partial charge in [0.05, 0.1) is 0 Å². The summed E-state index contributed by atoms with van der Waals surface area (Å²) < 4.78 is 1.95. The van der Waals surface area contributed by atoms with Gasteiger partial charge in [-0.05, 0) is 0 Å². The Morgan fingerprint density at radius 3 is 2.26 bits per heavy atom. The standard InChI is InChI=1S/C18H23N6OSe.HI/c1-15(25)23(17-5-3-2-4-6-17)18-19-16(8-26-18)7-24-12-20-9-21(13-24)11-22(10-20)14-24;/h2-6,8H,7,9-14H2,1H3;1H/q+1;/p-1. The molecule has 5 heterocycles. The summed E-state index contributed by atoms with van der Waals surface area (Å²) in [6.07, 6.45) is 0. The van der Waals surface area contributed by atoms with Gasteiger partial charge in [0.2, 0.25) is 0 Å². The van der Waals surface area contributed by atoms with Crippen LogP contribution in [-0.2, 0) is 11.3 Å². The van der Waals surface area contributed by atoms with Gasteiger partial charge in [-0.15, -0.1) is 0 Å². The first kappa shape index (κ1) is 19.5. The monoisotopic (exact) mass is 546 g/mol. The summed E-state index contributed by atoms with van der Waals surface area (Å²) in [5.41, 5.74) is 2.05. The van der Waals surface area contributed by atoms with Crippen LogP contribution in [0.4, 0.5) is 10.4 Å². The third-order valence-electron chi connectivity index (χ3n) is 5.26. The summed E-state index contributed by atoms with van der Waals surface area (Å²) in [6.45, 7) is 9.19. The zero-order chi connectivity index (χ0) is 17.7. The Hall–Kier alpha value is -0.811. The molecule has 0 aliphatic carbocycles. The number of hydrogen-bond donors (Lipinski definition) is 0. The normalized spacial score (nSPS) is 30.8. The second-order valence-corrected chi connectivity index (χ2v) is 9.43. The second kappa shape index (κ2) is 7.55. The van der Waals surface area contributed by atoms with E-state index in [9.17, 15) is 4.79 Å². The molecule has 6 rings (SSSR count). The van der Waals surface area contributed by atoms with Crippen molar-refractivity contribution in [2.24, 2.45) is 0 Å². The molecule has 144 valence electrons. The maximum Gasteiger partial charge on any atom is -1.00 e. The van der Waals surface area contributed by atoms with Gasteiger partial charge in [0.25, 0.3) is 0 Å². The van der Waals surface area contributed by atoms with E-state index in [1.807, 2.05) is 30.3 Å². The molecule has 27 heavy (non-hydrogen) atoms. The van der Waals surface area contributed by atoms with Gasteiger partial charge in [0.15, 0.2) is 0 Å². The molecule has 4 aliphatic heterocycles. The number of rotatable bonds is 4. The Morgan fingerprint density at radius 1 is 1.11 bits per heavy atom. The maximum absolute atomic E-state index is 12.3. The zero-order valence-electron chi connectivity index (χ0n) is 15.3. The molecule has 2 aromatic rings. The average molecular weight is 545 g/mol. The Kier molecular flexibility index (Phi) is 5.45. The number of amides is 1. The van der Waals surface area contributed by atoms with Crippen molar-refractivity contribution in [3.8, 4) is 0 Å². The number of nitrogens with zero attached hydrogens (tertiary/aromatic N) is 6. The number of para-hydroxylation sites is 1. The Labute approximate surface area is 182 Å². The van der Waals surface area contributed by atoms with E-state index in [2.05, 4.69) is 19.6 Å². The summed E-state index contributed by atoms with van der Waals surface area (Å²) in [6, 6.07) is 9.84. The second-order valence-electron chi connectivity index (χ2n) is 7.67. The number of aromatic nitrogens is 1. The molecular formula is C18H23IN6OSe. The summed E-state index contributed by atoms with van der Waals surface area (Å²) in [5.74, 6) is 0.0269. The number of halogens is 1. The van der Waals surface area contributed by atoms with Gasteiger partial charge in [-0.25, -0.2) is 0 Å². The molecule has 1 aromatic heterocycles. The predicted molar refractivity (Wildman–Crippen MR) is 99.1 cm³/mol. The van der Waals surface area contributed by atoms with E-state index >= 15 is 0 Å². The minimum atomic E-state index is 0. The van der Waals surface area contributed by atoms with Crippen LogP contribution in [0.2, 0.25) is 0 Å². The van der Waals surface area contributed by atoms with Crippen LogP contribution in [0, 0.1) is 0 Å². The molecule has 0 N–H and O–H groups in total. The van der Waals surface area contributed by atoms with Crippen LogP contribution in [-0.4, -0.2) is 84.6 Å². The predicted octanol–water partition coefficient (Wildman–Crippen LogP) is -2.16. The van der Waals surface area contributed by atoms with Crippen molar-refractivity contribution in [3.63, 3.8) is 0 Å². The first-order chi connectivity index (χ1) is 12.6. The molecule has 4 fully saturated rings. The Balaban J connectivity index is 0.00000180. The van der Waals surface area contributed by atoms with Crippen molar-refractivity contribution in [1.29, 1.82) is 0 Å². The molecule has 0 spiro atoms. The third-order valence-corrected chi connectivity index (χ3v) is 7.09. The molecule has 1 aromatic carbocycles. The van der Waals surface area contributed by atoms with E-state index < -0.39 is 0 Å².